The molecule has 12 heavy (non-hydrogen) atoms. The Morgan fingerprint density at radius 2 is 2.33 bits per heavy atom. The molecule has 0 aliphatic rings. The molecule has 0 aliphatic heterocycles. The van der Waals surface area contributed by atoms with Crippen molar-refractivity contribution in [3.05, 3.63) is 17.5 Å². The van der Waals surface area contributed by atoms with Gasteiger partial charge in [-0.15, -0.1) is 0 Å². The van der Waals surface area contributed by atoms with Crippen molar-refractivity contribution in [3.63, 3.8) is 0 Å². The van der Waals surface area contributed by atoms with E-state index >= 15 is 0 Å². The van der Waals surface area contributed by atoms with E-state index in [1.807, 2.05) is 10.9 Å². The first-order valence-electron chi connectivity index (χ1n) is 4.29. The number of aryl methyl sites for hydroxylation is 1. The van der Waals surface area contributed by atoms with Gasteiger partial charge in [-0.2, -0.15) is 5.10 Å². The molecule has 1 aromatic rings. The largest absolute Gasteiger partial charge is 0.383 e. The average Bonchev–Trinajstić information content (AvgIpc) is 2.43. The Morgan fingerprint density at radius 1 is 1.58 bits per heavy atom. The van der Waals surface area contributed by atoms with Crippen LogP contribution in [0.4, 0.5) is 0 Å². The molecular weight excluding hydrogens is 152 g/mol. The van der Waals surface area contributed by atoms with Crippen molar-refractivity contribution in [3.8, 4) is 0 Å². The summed E-state index contributed by atoms with van der Waals surface area (Å²) in [7, 11) is 1.71. The molecule has 68 valence electrons. The number of aromatic nitrogens is 2. The van der Waals surface area contributed by atoms with Gasteiger partial charge in [-0.1, -0.05) is 6.92 Å². The van der Waals surface area contributed by atoms with E-state index in [-0.39, 0.29) is 0 Å². The number of nitrogens with zero attached hydrogens (tertiary/aromatic N) is 2. The molecule has 1 heterocycles. The molecule has 0 amide bonds. The highest BCUT2D eigenvalue weighted by atomic mass is 16.5. The van der Waals surface area contributed by atoms with Gasteiger partial charge in [0, 0.05) is 12.8 Å². The van der Waals surface area contributed by atoms with Gasteiger partial charge in [-0.3, -0.25) is 4.68 Å². The summed E-state index contributed by atoms with van der Waals surface area (Å²) < 4.78 is 6.97. The van der Waals surface area contributed by atoms with Gasteiger partial charge in [-0.25, -0.2) is 0 Å². The lowest BCUT2D eigenvalue weighted by Crippen LogP contribution is -2.07. The molecule has 1 rings (SSSR count). The normalized spacial score (nSPS) is 10.6. The van der Waals surface area contributed by atoms with Crippen molar-refractivity contribution < 1.29 is 4.74 Å². The molecule has 0 aromatic carbocycles. The van der Waals surface area contributed by atoms with Gasteiger partial charge in [0.25, 0.3) is 0 Å². The van der Waals surface area contributed by atoms with Crippen LogP contribution in [0.5, 0.6) is 0 Å². The molecule has 0 aliphatic carbocycles. The summed E-state index contributed by atoms with van der Waals surface area (Å²) in [4.78, 5) is 0. The first kappa shape index (κ1) is 9.26. The SMILES string of the molecule is CCc1cnn(CCOC)c1C. The molecule has 3 nitrogen and oxygen atoms in total. The summed E-state index contributed by atoms with van der Waals surface area (Å²) in [6, 6.07) is 0. The van der Waals surface area contributed by atoms with E-state index in [0.29, 0.717) is 0 Å². The minimum atomic E-state index is 0.728. The van der Waals surface area contributed by atoms with E-state index in [9.17, 15) is 0 Å². The minimum absolute atomic E-state index is 0.728. The van der Waals surface area contributed by atoms with Crippen LogP contribution in [0.2, 0.25) is 0 Å². The third-order valence-electron chi connectivity index (χ3n) is 2.09. The van der Waals surface area contributed by atoms with Crippen LogP contribution in [0, 0.1) is 6.92 Å². The van der Waals surface area contributed by atoms with Crippen molar-refractivity contribution in [2.75, 3.05) is 13.7 Å². The number of ether oxygens (including phenoxy) is 1. The van der Waals surface area contributed by atoms with Gasteiger partial charge in [-0.05, 0) is 18.9 Å². The Balaban J connectivity index is 2.66. The fourth-order valence-electron chi connectivity index (χ4n) is 1.24. The summed E-state index contributed by atoms with van der Waals surface area (Å²) in [5.74, 6) is 0. The first-order chi connectivity index (χ1) is 5.79. The van der Waals surface area contributed by atoms with E-state index in [4.69, 9.17) is 4.74 Å². The maximum Gasteiger partial charge on any atom is 0.0658 e. The molecule has 1 aromatic heterocycles. The molecule has 0 spiro atoms. The zero-order chi connectivity index (χ0) is 8.97. The van der Waals surface area contributed by atoms with Crippen LogP contribution >= 0.6 is 0 Å². The summed E-state index contributed by atoms with van der Waals surface area (Å²) in [5, 5.41) is 4.26. The summed E-state index contributed by atoms with van der Waals surface area (Å²) in [6.07, 6.45) is 2.99. The highest BCUT2D eigenvalue weighted by Gasteiger charge is 2.02. The quantitative estimate of drug-likeness (QED) is 0.679. The van der Waals surface area contributed by atoms with E-state index in [1.165, 1.54) is 11.3 Å². The lowest BCUT2D eigenvalue weighted by atomic mass is 10.2. The van der Waals surface area contributed by atoms with Gasteiger partial charge in [0.05, 0.1) is 19.3 Å². The van der Waals surface area contributed by atoms with E-state index < -0.39 is 0 Å². The fraction of sp³-hybridized carbons (Fsp3) is 0.667. The van der Waals surface area contributed by atoms with Gasteiger partial charge in [0.15, 0.2) is 0 Å². The van der Waals surface area contributed by atoms with Gasteiger partial charge < -0.3 is 4.74 Å². The van der Waals surface area contributed by atoms with Crippen molar-refractivity contribution in [1.82, 2.24) is 9.78 Å². The number of rotatable bonds is 4. The smallest absolute Gasteiger partial charge is 0.0658 e. The van der Waals surface area contributed by atoms with Gasteiger partial charge >= 0.3 is 0 Å². The van der Waals surface area contributed by atoms with Crippen LogP contribution < -0.4 is 0 Å². The predicted molar refractivity (Wildman–Crippen MR) is 48.2 cm³/mol. The molecule has 0 radical (unpaired) electrons. The average molecular weight is 168 g/mol. The molecule has 0 atom stereocenters. The standard InChI is InChI=1S/C9H16N2O/c1-4-9-7-10-11(8(9)2)5-6-12-3/h7H,4-6H2,1-3H3. The molecule has 0 unspecified atom stereocenters. The topological polar surface area (TPSA) is 27.1 Å². The molecule has 0 saturated heterocycles. The maximum absolute atomic E-state index is 4.98. The Morgan fingerprint density at radius 3 is 2.83 bits per heavy atom. The van der Waals surface area contributed by atoms with Crippen LogP contribution in [-0.4, -0.2) is 23.5 Å². The first-order valence-corrected chi connectivity index (χ1v) is 4.29. The van der Waals surface area contributed by atoms with Crippen LogP contribution in [-0.2, 0) is 17.7 Å². The summed E-state index contributed by atoms with van der Waals surface area (Å²) in [5.41, 5.74) is 2.58. The second-order valence-corrected chi connectivity index (χ2v) is 2.82. The van der Waals surface area contributed by atoms with E-state index in [2.05, 4.69) is 18.9 Å². The fourth-order valence-corrected chi connectivity index (χ4v) is 1.24. The highest BCUT2D eigenvalue weighted by molar-refractivity contribution is 5.15. The van der Waals surface area contributed by atoms with Crippen molar-refractivity contribution in [2.24, 2.45) is 0 Å². The van der Waals surface area contributed by atoms with Crippen molar-refractivity contribution in [1.29, 1.82) is 0 Å². The number of hydrogen-bond donors (Lipinski definition) is 0. The lowest BCUT2D eigenvalue weighted by Gasteiger charge is -2.03. The molecule has 0 N–H and O–H groups in total. The van der Waals surface area contributed by atoms with Gasteiger partial charge in [0.1, 0.15) is 0 Å². The van der Waals surface area contributed by atoms with Gasteiger partial charge in [0.2, 0.25) is 0 Å². The monoisotopic (exact) mass is 168 g/mol. The minimum Gasteiger partial charge on any atom is -0.383 e. The zero-order valence-electron chi connectivity index (χ0n) is 8.00. The molecule has 3 heteroatoms. The number of hydrogen-bond acceptors (Lipinski definition) is 2. The Bertz CT molecular complexity index is 243. The third-order valence-corrected chi connectivity index (χ3v) is 2.09. The third kappa shape index (κ3) is 1.85. The predicted octanol–water partition coefficient (Wildman–Crippen LogP) is 1.40. The van der Waals surface area contributed by atoms with Crippen LogP contribution in [0.25, 0.3) is 0 Å². The second kappa shape index (κ2) is 4.26. The zero-order valence-corrected chi connectivity index (χ0v) is 8.00. The summed E-state index contributed by atoms with van der Waals surface area (Å²) in [6.45, 7) is 5.82. The molecule has 0 fully saturated rings. The van der Waals surface area contributed by atoms with Crippen molar-refractivity contribution >= 4 is 0 Å². The van der Waals surface area contributed by atoms with E-state index in [0.717, 1.165) is 19.6 Å². The van der Waals surface area contributed by atoms with Crippen LogP contribution in [0.1, 0.15) is 18.2 Å². The highest BCUT2D eigenvalue weighted by Crippen LogP contribution is 2.06. The second-order valence-electron chi connectivity index (χ2n) is 2.82. The molecule has 0 saturated carbocycles. The van der Waals surface area contributed by atoms with E-state index in [1.54, 1.807) is 7.11 Å². The number of methoxy groups -OCH3 is 1. The van der Waals surface area contributed by atoms with Crippen LogP contribution in [0.3, 0.4) is 0 Å². The Kier molecular flexibility index (Phi) is 3.29. The summed E-state index contributed by atoms with van der Waals surface area (Å²) >= 11 is 0. The lowest BCUT2D eigenvalue weighted by molar-refractivity contribution is 0.183. The molecular formula is C9H16N2O. The van der Waals surface area contributed by atoms with Crippen LogP contribution in [0.15, 0.2) is 6.20 Å². The maximum atomic E-state index is 4.98. The Labute approximate surface area is 73.3 Å². The van der Waals surface area contributed by atoms with Crippen molar-refractivity contribution in [2.45, 2.75) is 26.8 Å². The molecule has 0 bridgehead atoms. The Hall–Kier alpha value is -0.830.